The summed E-state index contributed by atoms with van der Waals surface area (Å²) >= 11 is 0. The van der Waals surface area contributed by atoms with Crippen molar-refractivity contribution in [2.45, 2.75) is 38.7 Å². The van der Waals surface area contributed by atoms with Crippen molar-refractivity contribution >= 4 is 18.0 Å². The Bertz CT molecular complexity index is 627. The lowest BCUT2D eigenvalue weighted by atomic mass is 10.0. The standard InChI is InChI=1S/C21H30N2O2.CH2O2/c1-2-8-19(18-9-4-3-5-10-18)17-22-12-7-13-23(15-14-22)21(24)20-11-6-16-25-20;2-1-3/h3-5,8-10,20H,2,6-7,11-17H2,1H3;1H,(H,2,3). The molecule has 0 radical (unpaired) electrons. The third kappa shape index (κ3) is 6.77. The lowest BCUT2D eigenvalue weighted by Crippen LogP contribution is -2.41. The molecule has 2 fully saturated rings. The van der Waals surface area contributed by atoms with Crippen LogP contribution in [0.5, 0.6) is 0 Å². The smallest absolute Gasteiger partial charge is 0.290 e. The van der Waals surface area contributed by atoms with Gasteiger partial charge in [0.2, 0.25) is 0 Å². The van der Waals surface area contributed by atoms with Crippen molar-refractivity contribution in [2.75, 3.05) is 39.3 Å². The second kappa shape index (κ2) is 12.3. The maximum Gasteiger partial charge on any atom is 0.290 e. The first kappa shape index (κ1) is 22.1. The molecule has 2 aliphatic rings. The van der Waals surface area contributed by atoms with Crippen LogP contribution in [-0.2, 0) is 14.3 Å². The summed E-state index contributed by atoms with van der Waals surface area (Å²) in [5.74, 6) is 0.201. The van der Waals surface area contributed by atoms with Gasteiger partial charge in [0.25, 0.3) is 12.4 Å². The van der Waals surface area contributed by atoms with E-state index in [2.05, 4.69) is 48.2 Å². The van der Waals surface area contributed by atoms with Crippen LogP contribution in [0.4, 0.5) is 0 Å². The zero-order valence-electron chi connectivity index (χ0n) is 16.8. The first-order valence-corrected chi connectivity index (χ1v) is 10.1. The first-order valence-electron chi connectivity index (χ1n) is 10.1. The molecular formula is C22H32N2O4. The number of hydrogen-bond acceptors (Lipinski definition) is 4. The molecule has 2 heterocycles. The molecule has 1 amide bonds. The van der Waals surface area contributed by atoms with Crippen LogP contribution in [0.3, 0.4) is 0 Å². The van der Waals surface area contributed by atoms with Gasteiger partial charge in [-0.3, -0.25) is 14.5 Å². The first-order chi connectivity index (χ1) is 13.7. The molecule has 6 nitrogen and oxygen atoms in total. The molecule has 3 rings (SSSR count). The van der Waals surface area contributed by atoms with Gasteiger partial charge < -0.3 is 14.7 Å². The van der Waals surface area contributed by atoms with Gasteiger partial charge >= 0.3 is 0 Å². The summed E-state index contributed by atoms with van der Waals surface area (Å²) in [7, 11) is 0. The fraction of sp³-hybridized carbons (Fsp3) is 0.545. The van der Waals surface area contributed by atoms with Crippen LogP contribution >= 0.6 is 0 Å². The minimum atomic E-state index is -0.250. The second-order valence-corrected chi connectivity index (χ2v) is 7.07. The fourth-order valence-corrected chi connectivity index (χ4v) is 3.74. The molecule has 1 atom stereocenters. The molecule has 0 bridgehead atoms. The molecular weight excluding hydrogens is 356 g/mol. The Morgan fingerprint density at radius 3 is 2.57 bits per heavy atom. The number of hydrogen-bond donors (Lipinski definition) is 1. The zero-order valence-corrected chi connectivity index (χ0v) is 16.8. The third-order valence-electron chi connectivity index (χ3n) is 5.09. The summed E-state index contributed by atoms with van der Waals surface area (Å²) in [6.07, 6.45) is 6.12. The molecule has 1 aromatic carbocycles. The van der Waals surface area contributed by atoms with Gasteiger partial charge in [0.15, 0.2) is 0 Å². The van der Waals surface area contributed by atoms with E-state index in [1.165, 1.54) is 11.1 Å². The predicted molar refractivity (Wildman–Crippen MR) is 110 cm³/mol. The van der Waals surface area contributed by atoms with Crippen LogP contribution in [0.1, 0.15) is 38.2 Å². The number of allylic oxidation sites excluding steroid dienone is 1. The highest BCUT2D eigenvalue weighted by Crippen LogP contribution is 2.19. The summed E-state index contributed by atoms with van der Waals surface area (Å²) < 4.78 is 5.58. The summed E-state index contributed by atoms with van der Waals surface area (Å²) in [5.41, 5.74) is 2.70. The summed E-state index contributed by atoms with van der Waals surface area (Å²) in [6.45, 7) is 7.28. The molecule has 28 heavy (non-hydrogen) atoms. The van der Waals surface area contributed by atoms with Crippen molar-refractivity contribution in [2.24, 2.45) is 0 Å². The Hall–Kier alpha value is -2.18. The quantitative estimate of drug-likeness (QED) is 0.786. The van der Waals surface area contributed by atoms with Gasteiger partial charge in [0.05, 0.1) is 0 Å². The van der Waals surface area contributed by atoms with E-state index >= 15 is 0 Å². The molecule has 2 aliphatic heterocycles. The summed E-state index contributed by atoms with van der Waals surface area (Å²) in [4.78, 5) is 25.4. The molecule has 1 N–H and O–H groups in total. The van der Waals surface area contributed by atoms with Gasteiger partial charge in [-0.15, -0.1) is 0 Å². The monoisotopic (exact) mass is 388 g/mol. The number of nitrogens with zero attached hydrogens (tertiary/aromatic N) is 2. The van der Waals surface area contributed by atoms with Crippen molar-refractivity contribution in [1.82, 2.24) is 9.80 Å². The van der Waals surface area contributed by atoms with E-state index in [1.807, 2.05) is 4.90 Å². The Balaban J connectivity index is 0.000000878. The molecule has 0 aromatic heterocycles. The van der Waals surface area contributed by atoms with Crippen molar-refractivity contribution in [3.8, 4) is 0 Å². The van der Waals surface area contributed by atoms with E-state index in [-0.39, 0.29) is 18.5 Å². The SMILES string of the molecule is CCC=C(CN1CCCN(C(=O)C2CCCO2)CC1)c1ccccc1.O=CO. The molecule has 2 saturated heterocycles. The lowest BCUT2D eigenvalue weighted by Gasteiger charge is -2.24. The van der Waals surface area contributed by atoms with Crippen LogP contribution in [0.25, 0.3) is 5.57 Å². The van der Waals surface area contributed by atoms with Crippen LogP contribution in [-0.4, -0.2) is 72.7 Å². The molecule has 0 spiro atoms. The van der Waals surface area contributed by atoms with E-state index in [1.54, 1.807) is 0 Å². The topological polar surface area (TPSA) is 70.1 Å². The molecule has 1 aromatic rings. The van der Waals surface area contributed by atoms with Crippen LogP contribution in [0.2, 0.25) is 0 Å². The number of carbonyl (C=O) groups excluding carboxylic acids is 1. The maximum absolute atomic E-state index is 12.6. The van der Waals surface area contributed by atoms with Gasteiger partial charge in [-0.05, 0) is 36.8 Å². The molecule has 0 saturated carbocycles. The minimum Gasteiger partial charge on any atom is -0.483 e. The number of rotatable bonds is 5. The third-order valence-corrected chi connectivity index (χ3v) is 5.09. The molecule has 1 unspecified atom stereocenters. The van der Waals surface area contributed by atoms with Gasteiger partial charge in [0.1, 0.15) is 6.10 Å². The Labute approximate surface area is 167 Å². The van der Waals surface area contributed by atoms with E-state index in [4.69, 9.17) is 14.6 Å². The van der Waals surface area contributed by atoms with Crippen molar-refractivity contribution < 1.29 is 19.4 Å². The van der Waals surface area contributed by atoms with Crippen molar-refractivity contribution in [3.63, 3.8) is 0 Å². The largest absolute Gasteiger partial charge is 0.483 e. The molecule has 6 heteroatoms. The summed E-state index contributed by atoms with van der Waals surface area (Å²) in [5, 5.41) is 6.89. The number of amides is 1. The van der Waals surface area contributed by atoms with Gasteiger partial charge in [-0.1, -0.05) is 43.3 Å². The number of carbonyl (C=O) groups is 2. The normalized spacial score (nSPS) is 20.8. The zero-order chi connectivity index (χ0) is 20.2. The number of ether oxygens (including phenoxy) is 1. The van der Waals surface area contributed by atoms with Crippen LogP contribution in [0.15, 0.2) is 36.4 Å². The van der Waals surface area contributed by atoms with Crippen LogP contribution in [0, 0.1) is 0 Å². The Morgan fingerprint density at radius 2 is 1.93 bits per heavy atom. The van der Waals surface area contributed by atoms with Crippen molar-refractivity contribution in [1.29, 1.82) is 0 Å². The highest BCUT2D eigenvalue weighted by Gasteiger charge is 2.29. The van der Waals surface area contributed by atoms with E-state index in [9.17, 15) is 4.79 Å². The molecule has 154 valence electrons. The Morgan fingerprint density at radius 1 is 1.18 bits per heavy atom. The highest BCUT2D eigenvalue weighted by atomic mass is 16.5. The van der Waals surface area contributed by atoms with Crippen LogP contribution < -0.4 is 0 Å². The van der Waals surface area contributed by atoms with Crippen molar-refractivity contribution in [3.05, 3.63) is 42.0 Å². The summed E-state index contributed by atoms with van der Waals surface area (Å²) in [6, 6.07) is 10.6. The van der Waals surface area contributed by atoms with E-state index in [0.29, 0.717) is 0 Å². The van der Waals surface area contributed by atoms with Gasteiger partial charge in [-0.2, -0.15) is 0 Å². The predicted octanol–water partition coefficient (Wildman–Crippen LogP) is 2.89. The minimum absolute atomic E-state index is 0.189. The number of carboxylic acid groups (broad SMARTS) is 1. The average Bonchev–Trinajstić information content (AvgIpc) is 3.15. The lowest BCUT2D eigenvalue weighted by molar-refractivity contribution is -0.140. The van der Waals surface area contributed by atoms with E-state index < -0.39 is 0 Å². The Kier molecular flexibility index (Phi) is 9.72. The highest BCUT2D eigenvalue weighted by molar-refractivity contribution is 5.81. The fourth-order valence-electron chi connectivity index (χ4n) is 3.74. The van der Waals surface area contributed by atoms with Gasteiger partial charge in [-0.25, -0.2) is 0 Å². The average molecular weight is 389 g/mol. The maximum atomic E-state index is 12.6. The number of benzene rings is 1. The molecule has 0 aliphatic carbocycles. The van der Waals surface area contributed by atoms with Gasteiger partial charge in [0, 0.05) is 39.3 Å². The second-order valence-electron chi connectivity index (χ2n) is 7.07. The van der Waals surface area contributed by atoms with E-state index in [0.717, 1.165) is 65.0 Å².